The summed E-state index contributed by atoms with van der Waals surface area (Å²) in [4.78, 5) is 4.34. The molecule has 1 heterocycles. The van der Waals surface area contributed by atoms with Crippen LogP contribution in [0.4, 0.5) is 0 Å². The van der Waals surface area contributed by atoms with Gasteiger partial charge in [-0.15, -0.1) is 34.2 Å². The lowest BCUT2D eigenvalue weighted by Gasteiger charge is -2.20. The number of hydrogen-bond acceptors (Lipinski definition) is 3. The molecular weight excluding hydrogens is 507 g/mol. The second-order valence-corrected chi connectivity index (χ2v) is 7.37. The van der Waals surface area contributed by atoms with Gasteiger partial charge < -0.3 is 15.2 Å². The molecule has 0 amide bonds. The quantitative estimate of drug-likeness (QED) is 0.237. The highest BCUT2D eigenvalue weighted by molar-refractivity contribution is 14.0. The normalized spacial score (nSPS) is 15.2. The molecule has 0 spiro atoms. The molecule has 0 atom stereocenters. The molecule has 0 bridgehead atoms. The van der Waals surface area contributed by atoms with E-state index in [0.29, 0.717) is 0 Å². The van der Waals surface area contributed by atoms with E-state index in [9.17, 15) is 0 Å². The maximum Gasteiger partial charge on any atom is 0.191 e. The lowest BCUT2D eigenvalue weighted by atomic mass is 9.96. The molecule has 0 radical (unpaired) electrons. The first-order valence-electron chi connectivity index (χ1n) is 8.75. The molecule has 1 aromatic heterocycles. The first kappa shape index (κ1) is 21.1. The Labute approximate surface area is 180 Å². The third-order valence-corrected chi connectivity index (χ3v) is 5.41. The molecule has 1 aliphatic rings. The summed E-state index contributed by atoms with van der Waals surface area (Å²) in [6.45, 7) is 2.77. The Kier molecular flexibility index (Phi) is 8.33. The fourth-order valence-electron chi connectivity index (χ4n) is 3.02. The Hall–Kier alpha value is -1.16. The van der Waals surface area contributed by atoms with Gasteiger partial charge in [-0.25, -0.2) is 0 Å². The molecule has 6 nitrogen and oxygen atoms in total. The van der Waals surface area contributed by atoms with E-state index in [4.69, 9.17) is 0 Å². The van der Waals surface area contributed by atoms with Crippen LogP contribution in [0.3, 0.4) is 0 Å². The number of nitrogens with zero attached hydrogens (tertiary/aromatic N) is 4. The topological polar surface area (TPSA) is 67.1 Å². The van der Waals surface area contributed by atoms with Crippen LogP contribution < -0.4 is 10.6 Å². The zero-order valence-electron chi connectivity index (χ0n) is 15.0. The van der Waals surface area contributed by atoms with Gasteiger partial charge in [0.25, 0.3) is 0 Å². The summed E-state index contributed by atoms with van der Waals surface area (Å²) in [5, 5.41) is 14.5. The molecular formula is C18H26BrIN6. The lowest BCUT2D eigenvalue weighted by Crippen LogP contribution is -2.41. The Morgan fingerprint density at radius 2 is 1.92 bits per heavy atom. The summed E-state index contributed by atoms with van der Waals surface area (Å²) in [6, 6.07) is 8.53. The first-order valence-corrected chi connectivity index (χ1v) is 9.55. The number of hydrogen-bond donors (Lipinski definition) is 2. The van der Waals surface area contributed by atoms with Gasteiger partial charge in [0.1, 0.15) is 12.7 Å². The van der Waals surface area contributed by atoms with Gasteiger partial charge >= 0.3 is 0 Å². The summed E-state index contributed by atoms with van der Waals surface area (Å²) < 4.78 is 3.20. The molecule has 8 heteroatoms. The van der Waals surface area contributed by atoms with Crippen LogP contribution in [0.2, 0.25) is 0 Å². The van der Waals surface area contributed by atoms with Crippen molar-refractivity contribution in [3.8, 4) is 0 Å². The minimum Gasteiger partial charge on any atom is -0.356 e. The molecule has 1 aromatic carbocycles. The van der Waals surface area contributed by atoms with Crippen LogP contribution in [0.15, 0.2) is 46.4 Å². The van der Waals surface area contributed by atoms with Crippen molar-refractivity contribution in [2.24, 2.45) is 4.99 Å². The Balaban J connectivity index is 0.00000243. The van der Waals surface area contributed by atoms with E-state index < -0.39 is 0 Å². The van der Waals surface area contributed by atoms with E-state index in [-0.39, 0.29) is 29.4 Å². The second kappa shape index (κ2) is 10.2. The molecule has 2 N–H and O–H groups in total. The Morgan fingerprint density at radius 3 is 2.58 bits per heavy atom. The van der Waals surface area contributed by atoms with Crippen molar-refractivity contribution in [2.75, 3.05) is 20.1 Å². The molecule has 26 heavy (non-hydrogen) atoms. The van der Waals surface area contributed by atoms with Crippen molar-refractivity contribution in [1.29, 1.82) is 0 Å². The van der Waals surface area contributed by atoms with Crippen LogP contribution in [0.1, 0.15) is 31.2 Å². The molecule has 3 rings (SSSR count). The number of rotatable bonds is 8. The van der Waals surface area contributed by atoms with Crippen LogP contribution in [0.5, 0.6) is 0 Å². The smallest absolute Gasteiger partial charge is 0.191 e. The van der Waals surface area contributed by atoms with Crippen molar-refractivity contribution in [2.45, 2.75) is 37.6 Å². The number of aryl methyl sites for hydroxylation is 1. The van der Waals surface area contributed by atoms with Crippen LogP contribution in [0, 0.1) is 0 Å². The summed E-state index contributed by atoms with van der Waals surface area (Å²) >= 11 is 3.69. The highest BCUT2D eigenvalue weighted by atomic mass is 127. The Bertz CT molecular complexity index is 699. The van der Waals surface area contributed by atoms with Gasteiger partial charge in [-0.05, 0) is 37.3 Å². The SMILES string of the molecule is CN=C(NCCCCn1cnnc1)NCC1(c2ccccc2Br)CC1.I. The van der Waals surface area contributed by atoms with Gasteiger partial charge in [0.05, 0.1) is 0 Å². The van der Waals surface area contributed by atoms with Crippen molar-refractivity contribution >= 4 is 45.9 Å². The Morgan fingerprint density at radius 1 is 1.19 bits per heavy atom. The van der Waals surface area contributed by atoms with Crippen LogP contribution in [-0.4, -0.2) is 40.9 Å². The maximum absolute atomic E-state index is 4.34. The second-order valence-electron chi connectivity index (χ2n) is 6.52. The summed E-state index contributed by atoms with van der Waals surface area (Å²) in [7, 11) is 1.82. The van der Waals surface area contributed by atoms with E-state index >= 15 is 0 Å². The minimum absolute atomic E-state index is 0. The first-order chi connectivity index (χ1) is 12.2. The molecule has 1 fully saturated rings. The van der Waals surface area contributed by atoms with Gasteiger partial charge in [0.15, 0.2) is 5.96 Å². The van der Waals surface area contributed by atoms with Crippen LogP contribution in [0.25, 0.3) is 0 Å². The van der Waals surface area contributed by atoms with E-state index in [0.717, 1.165) is 38.4 Å². The fraction of sp³-hybridized carbons (Fsp3) is 0.500. The fourth-order valence-corrected chi connectivity index (χ4v) is 3.73. The molecule has 1 saturated carbocycles. The van der Waals surface area contributed by atoms with Gasteiger partial charge in [-0.2, -0.15) is 0 Å². The zero-order chi connectivity index (χ0) is 17.5. The van der Waals surface area contributed by atoms with Gasteiger partial charge in [-0.1, -0.05) is 34.1 Å². The molecule has 1 aliphatic carbocycles. The van der Waals surface area contributed by atoms with Crippen molar-refractivity contribution in [1.82, 2.24) is 25.4 Å². The average molecular weight is 533 g/mol. The average Bonchev–Trinajstić information content (AvgIpc) is 3.23. The largest absolute Gasteiger partial charge is 0.356 e. The van der Waals surface area contributed by atoms with Crippen LogP contribution in [-0.2, 0) is 12.0 Å². The summed E-state index contributed by atoms with van der Waals surface area (Å²) in [6.07, 6.45) is 8.11. The predicted molar refractivity (Wildman–Crippen MR) is 119 cm³/mol. The molecule has 0 unspecified atom stereocenters. The molecule has 0 saturated heterocycles. The minimum atomic E-state index is 0. The van der Waals surface area contributed by atoms with E-state index in [1.807, 2.05) is 11.6 Å². The summed E-state index contributed by atoms with van der Waals surface area (Å²) in [5.41, 5.74) is 1.64. The summed E-state index contributed by atoms with van der Waals surface area (Å²) in [5.74, 6) is 0.877. The maximum atomic E-state index is 4.34. The van der Waals surface area contributed by atoms with Crippen molar-refractivity contribution < 1.29 is 0 Å². The third-order valence-electron chi connectivity index (χ3n) is 4.72. The predicted octanol–water partition coefficient (Wildman–Crippen LogP) is 3.34. The van der Waals surface area contributed by atoms with Gasteiger partial charge in [0, 0.05) is 36.6 Å². The highest BCUT2D eigenvalue weighted by Gasteiger charge is 2.45. The number of unbranched alkanes of at least 4 members (excludes halogenated alkanes) is 1. The number of guanidine groups is 1. The van der Waals surface area contributed by atoms with Gasteiger partial charge in [0.2, 0.25) is 0 Å². The van der Waals surface area contributed by atoms with E-state index in [1.165, 1.54) is 22.9 Å². The monoisotopic (exact) mass is 532 g/mol. The standard InChI is InChI=1S/C18H25BrN6.HI/c1-20-17(21-10-4-5-11-25-13-23-24-14-25)22-12-18(8-9-18)15-6-2-3-7-16(15)19;/h2-3,6-7,13-14H,4-5,8-12H2,1H3,(H2,20,21,22);1H. The number of aromatic nitrogens is 3. The van der Waals surface area contributed by atoms with E-state index in [1.54, 1.807) is 12.7 Å². The molecule has 0 aliphatic heterocycles. The third kappa shape index (κ3) is 5.67. The molecule has 142 valence electrons. The van der Waals surface area contributed by atoms with Crippen LogP contribution >= 0.6 is 39.9 Å². The zero-order valence-corrected chi connectivity index (χ0v) is 18.9. The number of benzene rings is 1. The number of nitrogens with one attached hydrogen (secondary N) is 2. The number of aliphatic imine (C=N–C) groups is 1. The van der Waals surface area contributed by atoms with Crippen molar-refractivity contribution in [3.63, 3.8) is 0 Å². The number of halogens is 2. The van der Waals surface area contributed by atoms with Crippen molar-refractivity contribution in [3.05, 3.63) is 47.0 Å². The van der Waals surface area contributed by atoms with Gasteiger partial charge in [-0.3, -0.25) is 4.99 Å². The highest BCUT2D eigenvalue weighted by Crippen LogP contribution is 2.49. The molecule has 2 aromatic rings. The lowest BCUT2D eigenvalue weighted by molar-refractivity contribution is 0.592. The van der Waals surface area contributed by atoms with E-state index in [2.05, 4.69) is 66.0 Å².